The van der Waals surface area contributed by atoms with E-state index >= 15 is 0 Å². The highest BCUT2D eigenvalue weighted by molar-refractivity contribution is 7.22. The van der Waals surface area contributed by atoms with Gasteiger partial charge in [0.1, 0.15) is 11.8 Å². The fourth-order valence-electron chi connectivity index (χ4n) is 2.54. The van der Waals surface area contributed by atoms with Crippen LogP contribution in [0.4, 0.5) is 5.13 Å². The van der Waals surface area contributed by atoms with Crippen LogP contribution in [0.25, 0.3) is 10.2 Å². The van der Waals surface area contributed by atoms with Crippen LogP contribution in [0.15, 0.2) is 53.6 Å². The van der Waals surface area contributed by atoms with E-state index in [1.165, 1.54) is 11.3 Å². The topological polar surface area (TPSA) is 75.6 Å². The summed E-state index contributed by atoms with van der Waals surface area (Å²) in [4.78, 5) is 16.9. The summed E-state index contributed by atoms with van der Waals surface area (Å²) >= 11 is 1.52. The molecule has 0 aliphatic carbocycles. The average Bonchev–Trinajstić information content (AvgIpc) is 3.11. The number of nitrogens with one attached hydrogen (secondary N) is 2. The highest BCUT2D eigenvalue weighted by atomic mass is 32.1. The summed E-state index contributed by atoms with van der Waals surface area (Å²) in [6, 6.07) is 15.0. The van der Waals surface area contributed by atoms with Gasteiger partial charge in [0.05, 0.1) is 23.0 Å². The number of hydrogen-bond acceptors (Lipinski definition) is 6. The largest absolute Gasteiger partial charge is 0.497 e. The Labute approximate surface area is 162 Å². The van der Waals surface area contributed by atoms with E-state index in [0.717, 1.165) is 27.2 Å². The third-order valence-electron chi connectivity index (χ3n) is 4.09. The fourth-order valence-corrected chi connectivity index (χ4v) is 3.49. The third kappa shape index (κ3) is 4.62. The van der Waals surface area contributed by atoms with E-state index in [0.29, 0.717) is 11.6 Å². The molecule has 6 nitrogen and oxygen atoms in total. The Bertz CT molecular complexity index is 917. The number of aromatic nitrogens is 1. The van der Waals surface area contributed by atoms with Crippen molar-refractivity contribution in [3.63, 3.8) is 0 Å². The van der Waals surface area contributed by atoms with Crippen LogP contribution in [0.5, 0.6) is 5.75 Å². The number of rotatable bonds is 7. The first-order valence-electron chi connectivity index (χ1n) is 8.73. The van der Waals surface area contributed by atoms with Gasteiger partial charge in [0.15, 0.2) is 5.13 Å². The summed E-state index contributed by atoms with van der Waals surface area (Å²) in [5.74, 6) is 0.570. The van der Waals surface area contributed by atoms with Crippen molar-refractivity contribution in [2.24, 2.45) is 5.10 Å². The Morgan fingerprint density at radius 3 is 2.63 bits per heavy atom. The molecule has 0 spiro atoms. The van der Waals surface area contributed by atoms with Gasteiger partial charge in [0, 0.05) is 0 Å². The quantitative estimate of drug-likeness (QED) is 0.478. The number of ether oxygens (including phenoxy) is 1. The van der Waals surface area contributed by atoms with Crippen LogP contribution in [0.2, 0.25) is 0 Å². The smallest absolute Gasteiger partial charge is 0.262 e. The molecule has 7 heteroatoms. The third-order valence-corrected chi connectivity index (χ3v) is 5.05. The lowest BCUT2D eigenvalue weighted by molar-refractivity contribution is -0.121. The monoisotopic (exact) mass is 382 g/mol. The second-order valence-electron chi connectivity index (χ2n) is 5.97. The summed E-state index contributed by atoms with van der Waals surface area (Å²) in [5.41, 5.74) is 5.32. The van der Waals surface area contributed by atoms with Crippen molar-refractivity contribution in [3.8, 4) is 5.75 Å². The van der Waals surface area contributed by atoms with Gasteiger partial charge in [-0.05, 0) is 55.3 Å². The van der Waals surface area contributed by atoms with E-state index in [-0.39, 0.29) is 5.91 Å². The Hall–Kier alpha value is -2.93. The number of benzene rings is 2. The molecule has 0 unspecified atom stereocenters. The van der Waals surface area contributed by atoms with E-state index in [4.69, 9.17) is 4.74 Å². The molecule has 0 aliphatic rings. The maximum atomic E-state index is 12.4. The van der Waals surface area contributed by atoms with E-state index in [1.807, 2.05) is 55.5 Å². The first-order chi connectivity index (χ1) is 13.1. The van der Waals surface area contributed by atoms with Crippen molar-refractivity contribution >= 4 is 38.3 Å². The molecule has 3 rings (SSSR count). The zero-order valence-corrected chi connectivity index (χ0v) is 16.3. The number of methoxy groups -OCH3 is 1. The summed E-state index contributed by atoms with van der Waals surface area (Å²) in [6.45, 7) is 3.79. The van der Waals surface area contributed by atoms with Crippen molar-refractivity contribution in [2.45, 2.75) is 26.3 Å². The van der Waals surface area contributed by atoms with E-state index in [9.17, 15) is 4.79 Å². The van der Waals surface area contributed by atoms with Crippen molar-refractivity contribution < 1.29 is 9.53 Å². The van der Waals surface area contributed by atoms with Crippen LogP contribution in [0.3, 0.4) is 0 Å². The van der Waals surface area contributed by atoms with Crippen LogP contribution < -0.4 is 15.5 Å². The second-order valence-corrected chi connectivity index (χ2v) is 7.00. The first kappa shape index (κ1) is 18.8. The van der Waals surface area contributed by atoms with Crippen LogP contribution >= 0.6 is 11.3 Å². The minimum absolute atomic E-state index is 0.214. The highest BCUT2D eigenvalue weighted by Crippen LogP contribution is 2.25. The first-order valence-corrected chi connectivity index (χ1v) is 9.55. The van der Waals surface area contributed by atoms with E-state index in [1.54, 1.807) is 14.0 Å². The Kier molecular flexibility index (Phi) is 6.03. The van der Waals surface area contributed by atoms with Gasteiger partial charge in [-0.1, -0.05) is 30.4 Å². The molecule has 1 amide bonds. The summed E-state index contributed by atoms with van der Waals surface area (Å²) in [7, 11) is 1.63. The maximum Gasteiger partial charge on any atom is 0.262 e. The molecule has 27 heavy (non-hydrogen) atoms. The van der Waals surface area contributed by atoms with Crippen LogP contribution in [0.1, 0.15) is 25.8 Å². The maximum absolute atomic E-state index is 12.4. The van der Waals surface area contributed by atoms with E-state index < -0.39 is 6.04 Å². The second kappa shape index (κ2) is 8.64. The molecule has 1 heterocycles. The number of fused-ring (bicyclic) bond motifs is 1. The molecule has 140 valence electrons. The SMILES string of the molecule is CC/C(=N/NC(=O)[C@@H](C)Nc1nc2ccccc2s1)c1ccc(OC)cc1. The fraction of sp³-hybridized carbons (Fsp3) is 0.250. The van der Waals surface area contributed by atoms with Gasteiger partial charge in [-0.2, -0.15) is 5.10 Å². The van der Waals surface area contributed by atoms with Crippen molar-refractivity contribution in [1.29, 1.82) is 0 Å². The summed E-state index contributed by atoms with van der Waals surface area (Å²) in [6.07, 6.45) is 0.701. The number of anilines is 1. The molecule has 0 aliphatic heterocycles. The minimum Gasteiger partial charge on any atom is -0.497 e. The number of nitrogens with zero attached hydrogens (tertiary/aromatic N) is 2. The number of thiazole rings is 1. The number of amides is 1. The molecule has 0 fully saturated rings. The molecular formula is C20H22N4O2S. The van der Waals surface area contributed by atoms with E-state index in [2.05, 4.69) is 20.8 Å². The average molecular weight is 382 g/mol. The normalized spacial score (nSPS) is 12.6. The standard InChI is InChI=1S/C20H22N4O2S/c1-4-16(14-9-11-15(26-3)12-10-14)23-24-19(25)13(2)21-20-22-17-7-5-6-8-18(17)27-20/h5-13H,4H2,1-3H3,(H,21,22)(H,24,25)/b23-16-/t13-/m1/s1. The lowest BCUT2D eigenvalue weighted by Gasteiger charge is -2.12. The number of hydrazone groups is 1. The molecule has 2 N–H and O–H groups in total. The molecule has 2 aromatic carbocycles. The molecule has 0 bridgehead atoms. The molecule has 3 aromatic rings. The lowest BCUT2D eigenvalue weighted by atomic mass is 10.1. The summed E-state index contributed by atoms with van der Waals surface area (Å²) < 4.78 is 6.25. The zero-order valence-electron chi connectivity index (χ0n) is 15.5. The van der Waals surface area contributed by atoms with Gasteiger partial charge in [-0.3, -0.25) is 4.79 Å². The summed E-state index contributed by atoms with van der Waals surface area (Å²) in [5, 5.41) is 8.15. The molecule has 1 atom stereocenters. The van der Waals surface area contributed by atoms with Gasteiger partial charge in [0.2, 0.25) is 0 Å². The molecular weight excluding hydrogens is 360 g/mol. The van der Waals surface area contributed by atoms with Crippen LogP contribution in [0, 0.1) is 0 Å². The Balaban J connectivity index is 1.64. The lowest BCUT2D eigenvalue weighted by Crippen LogP contribution is -2.35. The van der Waals surface area contributed by atoms with Crippen LogP contribution in [-0.2, 0) is 4.79 Å². The molecule has 0 saturated carbocycles. The Morgan fingerprint density at radius 2 is 1.96 bits per heavy atom. The number of carbonyl (C=O) groups excluding carboxylic acids is 1. The predicted octanol–water partition coefficient (Wildman–Crippen LogP) is 4.04. The minimum atomic E-state index is -0.455. The number of hydrogen-bond donors (Lipinski definition) is 2. The predicted molar refractivity (Wildman–Crippen MR) is 111 cm³/mol. The van der Waals surface area contributed by atoms with Crippen molar-refractivity contribution in [3.05, 3.63) is 54.1 Å². The van der Waals surface area contributed by atoms with Gasteiger partial charge < -0.3 is 10.1 Å². The number of para-hydroxylation sites is 1. The van der Waals surface area contributed by atoms with Gasteiger partial charge in [0.25, 0.3) is 5.91 Å². The Morgan fingerprint density at radius 1 is 1.22 bits per heavy atom. The number of carbonyl (C=O) groups is 1. The van der Waals surface area contributed by atoms with Gasteiger partial charge >= 0.3 is 0 Å². The van der Waals surface area contributed by atoms with Crippen molar-refractivity contribution in [1.82, 2.24) is 10.4 Å². The molecule has 0 radical (unpaired) electrons. The van der Waals surface area contributed by atoms with Gasteiger partial charge in [-0.25, -0.2) is 10.4 Å². The highest BCUT2D eigenvalue weighted by Gasteiger charge is 2.14. The van der Waals surface area contributed by atoms with Crippen LogP contribution in [-0.4, -0.2) is 29.8 Å². The van der Waals surface area contributed by atoms with Crippen molar-refractivity contribution in [2.75, 3.05) is 12.4 Å². The zero-order chi connectivity index (χ0) is 19.2. The molecule has 1 aromatic heterocycles. The van der Waals surface area contributed by atoms with Gasteiger partial charge in [-0.15, -0.1) is 0 Å². The molecule has 0 saturated heterocycles.